The number of nitrogens with one attached hydrogen (secondary N) is 3. The second-order valence-electron chi connectivity index (χ2n) is 4.02. The second-order valence-corrected chi connectivity index (χ2v) is 4.02. The Balaban J connectivity index is 2.49. The molecule has 0 saturated carbocycles. The standard InChI is InChI=1S/C12H18FN5O2/c1-2-5-15-9(19)4-7-17-12(20)8-3-6-16-11(18-14)10(8)13/h3,6H,2,4-5,7,14H2,1H3,(H,15,19)(H,16,18)(H,17,20). The van der Waals surface area contributed by atoms with Crippen molar-refractivity contribution in [1.82, 2.24) is 15.6 Å². The third-order valence-electron chi connectivity index (χ3n) is 2.48. The average Bonchev–Trinajstić information content (AvgIpc) is 2.45. The maximum Gasteiger partial charge on any atom is 0.254 e. The van der Waals surface area contributed by atoms with Crippen molar-refractivity contribution in [2.75, 3.05) is 18.5 Å². The van der Waals surface area contributed by atoms with E-state index >= 15 is 0 Å². The summed E-state index contributed by atoms with van der Waals surface area (Å²) in [7, 11) is 0. The Bertz CT molecular complexity index is 481. The number of anilines is 1. The van der Waals surface area contributed by atoms with Gasteiger partial charge in [-0.25, -0.2) is 15.2 Å². The highest BCUT2D eigenvalue weighted by atomic mass is 19.1. The van der Waals surface area contributed by atoms with Gasteiger partial charge in [-0.1, -0.05) is 6.92 Å². The van der Waals surface area contributed by atoms with Crippen molar-refractivity contribution in [3.63, 3.8) is 0 Å². The van der Waals surface area contributed by atoms with Gasteiger partial charge in [-0.2, -0.15) is 0 Å². The molecule has 5 N–H and O–H groups in total. The van der Waals surface area contributed by atoms with E-state index in [0.29, 0.717) is 6.54 Å². The fourth-order valence-electron chi connectivity index (χ4n) is 1.46. The summed E-state index contributed by atoms with van der Waals surface area (Å²) in [6.07, 6.45) is 2.25. The normalized spacial score (nSPS) is 9.95. The van der Waals surface area contributed by atoms with Crippen LogP contribution in [-0.4, -0.2) is 29.9 Å². The number of rotatable bonds is 7. The summed E-state index contributed by atoms with van der Waals surface area (Å²) in [6, 6.07) is 1.24. The number of amides is 2. The van der Waals surface area contributed by atoms with Crippen LogP contribution in [0.3, 0.4) is 0 Å². The van der Waals surface area contributed by atoms with E-state index in [-0.39, 0.29) is 30.3 Å². The quantitative estimate of drug-likeness (QED) is 0.421. The van der Waals surface area contributed by atoms with Gasteiger partial charge in [0.25, 0.3) is 5.91 Å². The van der Waals surface area contributed by atoms with Crippen LogP contribution in [0.2, 0.25) is 0 Å². The first-order valence-corrected chi connectivity index (χ1v) is 6.26. The molecular weight excluding hydrogens is 265 g/mol. The van der Waals surface area contributed by atoms with Crippen LogP contribution in [-0.2, 0) is 4.79 Å². The summed E-state index contributed by atoms with van der Waals surface area (Å²) in [6.45, 7) is 2.66. The topological polar surface area (TPSA) is 109 Å². The van der Waals surface area contributed by atoms with Gasteiger partial charge in [0.15, 0.2) is 11.6 Å². The molecule has 1 rings (SSSR count). The summed E-state index contributed by atoms with van der Waals surface area (Å²) in [4.78, 5) is 26.7. The van der Waals surface area contributed by atoms with Crippen molar-refractivity contribution in [3.05, 3.63) is 23.6 Å². The van der Waals surface area contributed by atoms with E-state index < -0.39 is 11.7 Å². The molecule has 0 atom stereocenters. The Morgan fingerprint density at radius 1 is 1.35 bits per heavy atom. The molecule has 0 spiro atoms. The number of carbonyl (C=O) groups is 2. The number of hydrogen-bond acceptors (Lipinski definition) is 5. The zero-order chi connectivity index (χ0) is 15.0. The predicted octanol–water partition coefficient (Wildman–Crippen LogP) is 0.152. The summed E-state index contributed by atoms with van der Waals surface area (Å²) in [5.74, 6) is 3.25. The van der Waals surface area contributed by atoms with E-state index in [2.05, 4.69) is 21.0 Å². The molecule has 2 amide bonds. The average molecular weight is 283 g/mol. The van der Waals surface area contributed by atoms with Gasteiger partial charge < -0.3 is 16.1 Å². The molecule has 110 valence electrons. The Morgan fingerprint density at radius 2 is 2.10 bits per heavy atom. The lowest BCUT2D eigenvalue weighted by Gasteiger charge is -2.08. The molecule has 0 aliphatic carbocycles. The van der Waals surface area contributed by atoms with Gasteiger partial charge in [-0.3, -0.25) is 9.59 Å². The van der Waals surface area contributed by atoms with Crippen LogP contribution in [0.15, 0.2) is 12.3 Å². The number of aromatic nitrogens is 1. The third-order valence-corrected chi connectivity index (χ3v) is 2.48. The molecule has 1 aromatic rings. The lowest BCUT2D eigenvalue weighted by molar-refractivity contribution is -0.120. The molecule has 1 heterocycles. The van der Waals surface area contributed by atoms with Crippen LogP contribution >= 0.6 is 0 Å². The fourth-order valence-corrected chi connectivity index (χ4v) is 1.46. The summed E-state index contributed by atoms with van der Waals surface area (Å²) in [5, 5.41) is 5.14. The van der Waals surface area contributed by atoms with E-state index in [1.807, 2.05) is 6.92 Å². The van der Waals surface area contributed by atoms with E-state index in [4.69, 9.17) is 5.84 Å². The molecule has 20 heavy (non-hydrogen) atoms. The Hall–Kier alpha value is -2.22. The highest BCUT2D eigenvalue weighted by Gasteiger charge is 2.15. The fraction of sp³-hybridized carbons (Fsp3) is 0.417. The maximum absolute atomic E-state index is 13.7. The van der Waals surface area contributed by atoms with E-state index in [9.17, 15) is 14.0 Å². The van der Waals surface area contributed by atoms with Gasteiger partial charge >= 0.3 is 0 Å². The molecule has 0 radical (unpaired) electrons. The first-order chi connectivity index (χ1) is 9.60. The zero-order valence-corrected chi connectivity index (χ0v) is 11.2. The number of halogens is 1. The summed E-state index contributed by atoms with van der Waals surface area (Å²) in [5.41, 5.74) is 1.88. The van der Waals surface area contributed by atoms with Crippen LogP contribution in [0, 0.1) is 5.82 Å². The minimum absolute atomic E-state index is 0.127. The molecule has 8 heteroatoms. The Morgan fingerprint density at radius 3 is 2.75 bits per heavy atom. The van der Waals surface area contributed by atoms with Crippen LogP contribution < -0.4 is 21.9 Å². The van der Waals surface area contributed by atoms with Gasteiger partial charge in [-0.15, -0.1) is 0 Å². The van der Waals surface area contributed by atoms with E-state index in [1.165, 1.54) is 12.3 Å². The minimum Gasteiger partial charge on any atom is -0.356 e. The first kappa shape index (κ1) is 15.8. The maximum atomic E-state index is 13.7. The smallest absolute Gasteiger partial charge is 0.254 e. The van der Waals surface area contributed by atoms with Crippen molar-refractivity contribution < 1.29 is 14.0 Å². The largest absolute Gasteiger partial charge is 0.356 e. The van der Waals surface area contributed by atoms with Gasteiger partial charge in [0.1, 0.15) is 0 Å². The molecule has 0 aliphatic rings. The number of nitrogen functional groups attached to an aromatic ring is 1. The number of pyridine rings is 1. The molecule has 7 nitrogen and oxygen atoms in total. The monoisotopic (exact) mass is 283 g/mol. The third kappa shape index (κ3) is 4.47. The minimum atomic E-state index is -0.831. The Labute approximate surface area is 116 Å². The van der Waals surface area contributed by atoms with Gasteiger partial charge in [0.05, 0.1) is 5.56 Å². The van der Waals surface area contributed by atoms with Crippen LogP contribution in [0.5, 0.6) is 0 Å². The highest BCUT2D eigenvalue weighted by Crippen LogP contribution is 2.13. The number of nitrogens with two attached hydrogens (primary N) is 1. The van der Waals surface area contributed by atoms with Crippen molar-refractivity contribution in [3.8, 4) is 0 Å². The summed E-state index contributed by atoms with van der Waals surface area (Å²) >= 11 is 0. The van der Waals surface area contributed by atoms with E-state index in [0.717, 1.165) is 6.42 Å². The molecule has 0 aliphatic heterocycles. The number of hydrogen-bond donors (Lipinski definition) is 4. The lowest BCUT2D eigenvalue weighted by atomic mass is 10.2. The number of carbonyl (C=O) groups excluding carboxylic acids is 2. The second kappa shape index (κ2) is 8.05. The highest BCUT2D eigenvalue weighted by molar-refractivity contribution is 5.95. The SMILES string of the molecule is CCCNC(=O)CCNC(=O)c1ccnc(NN)c1F. The van der Waals surface area contributed by atoms with Crippen LogP contribution in [0.1, 0.15) is 30.1 Å². The molecule has 0 saturated heterocycles. The number of hydrazine groups is 1. The molecule has 0 unspecified atom stereocenters. The Kier molecular flexibility index (Phi) is 6.38. The van der Waals surface area contributed by atoms with Crippen LogP contribution in [0.25, 0.3) is 0 Å². The van der Waals surface area contributed by atoms with E-state index in [1.54, 1.807) is 0 Å². The van der Waals surface area contributed by atoms with Crippen molar-refractivity contribution in [2.45, 2.75) is 19.8 Å². The lowest BCUT2D eigenvalue weighted by Crippen LogP contribution is -2.31. The first-order valence-electron chi connectivity index (χ1n) is 6.26. The van der Waals surface area contributed by atoms with Gasteiger partial charge in [-0.05, 0) is 12.5 Å². The van der Waals surface area contributed by atoms with Gasteiger partial charge in [0.2, 0.25) is 5.91 Å². The molecular formula is C12H18FN5O2. The van der Waals surface area contributed by atoms with Gasteiger partial charge in [0, 0.05) is 25.7 Å². The molecule has 1 aromatic heterocycles. The molecule has 0 bridgehead atoms. The zero-order valence-electron chi connectivity index (χ0n) is 11.2. The molecule has 0 fully saturated rings. The van der Waals surface area contributed by atoms with Crippen molar-refractivity contribution >= 4 is 17.6 Å². The predicted molar refractivity (Wildman–Crippen MR) is 72.3 cm³/mol. The van der Waals surface area contributed by atoms with Crippen molar-refractivity contribution in [1.29, 1.82) is 0 Å². The number of nitrogens with zero attached hydrogens (tertiary/aromatic N) is 1. The molecule has 0 aromatic carbocycles. The summed E-state index contributed by atoms with van der Waals surface area (Å²) < 4.78 is 13.7. The van der Waals surface area contributed by atoms with Crippen molar-refractivity contribution in [2.24, 2.45) is 5.84 Å². The van der Waals surface area contributed by atoms with Crippen LogP contribution in [0.4, 0.5) is 10.2 Å².